The first-order chi connectivity index (χ1) is 9.74. The number of fused-ring (bicyclic) bond motifs is 1. The fourth-order valence-corrected chi connectivity index (χ4v) is 1.88. The molecule has 0 radical (unpaired) electrons. The van der Waals surface area contributed by atoms with Gasteiger partial charge in [0.25, 0.3) is 0 Å². The van der Waals surface area contributed by atoms with E-state index in [0.29, 0.717) is 6.04 Å². The summed E-state index contributed by atoms with van der Waals surface area (Å²) in [6, 6.07) is 6.31. The predicted octanol–water partition coefficient (Wildman–Crippen LogP) is 1.85. The van der Waals surface area contributed by atoms with Gasteiger partial charge in [0.05, 0.1) is 0 Å². The third-order valence-electron chi connectivity index (χ3n) is 3.24. The molecule has 0 aliphatic heterocycles. The van der Waals surface area contributed by atoms with Gasteiger partial charge >= 0.3 is 0 Å². The third kappa shape index (κ3) is 4.83. The Balaban J connectivity index is 0.00000220. The summed E-state index contributed by atoms with van der Waals surface area (Å²) >= 11 is 0. The number of hydrogen-bond donors (Lipinski definition) is 2. The molecule has 0 aliphatic carbocycles. The van der Waals surface area contributed by atoms with Crippen molar-refractivity contribution in [1.29, 1.82) is 0 Å². The number of nitrogens with zero attached hydrogens (tertiary/aromatic N) is 4. The van der Waals surface area contributed by atoms with Crippen molar-refractivity contribution in [2.24, 2.45) is 4.99 Å². The zero-order chi connectivity index (χ0) is 14.4. The maximum absolute atomic E-state index is 4.21. The van der Waals surface area contributed by atoms with Crippen molar-refractivity contribution in [3.63, 3.8) is 0 Å². The predicted molar refractivity (Wildman–Crippen MR) is 96.4 cm³/mol. The molecule has 6 nitrogen and oxygen atoms in total. The molecule has 2 aromatic rings. The molecule has 1 unspecified atom stereocenters. The summed E-state index contributed by atoms with van der Waals surface area (Å²) in [4.78, 5) is 4.21. The summed E-state index contributed by atoms with van der Waals surface area (Å²) in [6.07, 6.45) is 3.85. The van der Waals surface area contributed by atoms with Gasteiger partial charge in [0, 0.05) is 32.3 Å². The maximum Gasteiger partial charge on any atom is 0.191 e. The molecular formula is C14H23IN6. The van der Waals surface area contributed by atoms with E-state index in [4.69, 9.17) is 0 Å². The molecule has 0 fully saturated rings. The number of hydrogen-bond acceptors (Lipinski definition) is 3. The lowest BCUT2D eigenvalue weighted by atomic mass is 10.3. The molecule has 2 aromatic heterocycles. The lowest BCUT2D eigenvalue weighted by Gasteiger charge is -2.16. The van der Waals surface area contributed by atoms with Crippen LogP contribution in [0.3, 0.4) is 0 Å². The van der Waals surface area contributed by atoms with Crippen LogP contribution in [0.2, 0.25) is 0 Å². The van der Waals surface area contributed by atoms with Crippen LogP contribution in [-0.2, 0) is 6.42 Å². The number of rotatable bonds is 5. The van der Waals surface area contributed by atoms with Crippen LogP contribution in [0.25, 0.3) is 5.65 Å². The maximum atomic E-state index is 4.21. The zero-order valence-corrected chi connectivity index (χ0v) is 15.0. The van der Waals surface area contributed by atoms with Crippen LogP contribution in [0.5, 0.6) is 0 Å². The fourth-order valence-electron chi connectivity index (χ4n) is 1.88. The van der Waals surface area contributed by atoms with Crippen molar-refractivity contribution in [2.45, 2.75) is 32.7 Å². The molecule has 0 saturated carbocycles. The number of guanidine groups is 1. The highest BCUT2D eigenvalue weighted by molar-refractivity contribution is 14.0. The molecule has 0 amide bonds. The Morgan fingerprint density at radius 3 is 2.90 bits per heavy atom. The number of aromatic nitrogens is 3. The highest BCUT2D eigenvalue weighted by Gasteiger charge is 2.06. The fraction of sp³-hybridized carbons (Fsp3) is 0.500. The molecule has 0 saturated heterocycles. The standard InChI is InChI=1S/C14H22N6.HI/c1-4-11(2)17-14(15-3)16-9-8-13-19-18-12-7-5-6-10-20(12)13;/h5-7,10-11H,4,8-9H2,1-3H3,(H2,15,16,17);1H. The summed E-state index contributed by atoms with van der Waals surface area (Å²) in [6.45, 7) is 5.05. The van der Waals surface area contributed by atoms with Crippen LogP contribution >= 0.6 is 24.0 Å². The van der Waals surface area contributed by atoms with E-state index in [1.807, 2.05) is 28.8 Å². The minimum absolute atomic E-state index is 0. The van der Waals surface area contributed by atoms with Gasteiger partial charge in [-0.25, -0.2) is 0 Å². The summed E-state index contributed by atoms with van der Waals surface area (Å²) in [5, 5.41) is 15.0. The lowest BCUT2D eigenvalue weighted by molar-refractivity contribution is 0.622. The van der Waals surface area contributed by atoms with Crippen LogP contribution < -0.4 is 10.6 Å². The van der Waals surface area contributed by atoms with Crippen molar-refractivity contribution in [3.05, 3.63) is 30.2 Å². The second-order valence-electron chi connectivity index (χ2n) is 4.75. The molecular weight excluding hydrogens is 379 g/mol. The van der Waals surface area contributed by atoms with E-state index in [-0.39, 0.29) is 24.0 Å². The van der Waals surface area contributed by atoms with E-state index >= 15 is 0 Å². The normalized spacial score (nSPS) is 12.8. The molecule has 2 heterocycles. The summed E-state index contributed by atoms with van der Waals surface area (Å²) in [7, 11) is 1.78. The van der Waals surface area contributed by atoms with Gasteiger partial charge in [-0.2, -0.15) is 0 Å². The van der Waals surface area contributed by atoms with E-state index in [9.17, 15) is 0 Å². The number of pyridine rings is 1. The Morgan fingerprint density at radius 2 is 2.19 bits per heavy atom. The molecule has 21 heavy (non-hydrogen) atoms. The second-order valence-corrected chi connectivity index (χ2v) is 4.75. The molecule has 2 rings (SSSR count). The molecule has 0 aliphatic rings. The molecule has 1 atom stereocenters. The first-order valence-corrected chi connectivity index (χ1v) is 7.00. The van der Waals surface area contributed by atoms with E-state index < -0.39 is 0 Å². The third-order valence-corrected chi connectivity index (χ3v) is 3.24. The number of halogens is 1. The van der Waals surface area contributed by atoms with Gasteiger partial charge in [-0.05, 0) is 25.5 Å². The van der Waals surface area contributed by atoms with Crippen molar-refractivity contribution < 1.29 is 0 Å². The average Bonchev–Trinajstić information content (AvgIpc) is 2.89. The largest absolute Gasteiger partial charge is 0.356 e. The molecule has 7 heteroatoms. The molecule has 0 bridgehead atoms. The highest BCUT2D eigenvalue weighted by atomic mass is 127. The van der Waals surface area contributed by atoms with Crippen molar-refractivity contribution >= 4 is 35.6 Å². The molecule has 0 spiro atoms. The van der Waals surface area contributed by atoms with Crippen LogP contribution in [0.1, 0.15) is 26.1 Å². The van der Waals surface area contributed by atoms with Gasteiger partial charge in [0.1, 0.15) is 5.82 Å². The second kappa shape index (κ2) is 8.81. The minimum atomic E-state index is 0. The van der Waals surface area contributed by atoms with E-state index in [1.54, 1.807) is 7.05 Å². The van der Waals surface area contributed by atoms with Crippen LogP contribution in [-0.4, -0.2) is 40.2 Å². The van der Waals surface area contributed by atoms with Gasteiger partial charge < -0.3 is 10.6 Å². The topological polar surface area (TPSA) is 66.6 Å². The quantitative estimate of drug-likeness (QED) is 0.455. The van der Waals surface area contributed by atoms with Crippen LogP contribution in [0.4, 0.5) is 0 Å². The van der Waals surface area contributed by atoms with Crippen molar-refractivity contribution in [3.8, 4) is 0 Å². The minimum Gasteiger partial charge on any atom is -0.356 e. The Labute approximate surface area is 142 Å². The number of aliphatic imine (C=N–C) groups is 1. The SMILES string of the molecule is CCC(C)NC(=NC)NCCc1nnc2ccccn12.I. The van der Waals surface area contributed by atoms with Gasteiger partial charge in [0.15, 0.2) is 11.6 Å². The monoisotopic (exact) mass is 402 g/mol. The van der Waals surface area contributed by atoms with Crippen LogP contribution in [0.15, 0.2) is 29.4 Å². The van der Waals surface area contributed by atoms with E-state index in [0.717, 1.165) is 36.8 Å². The van der Waals surface area contributed by atoms with Crippen LogP contribution in [0, 0.1) is 0 Å². The van der Waals surface area contributed by atoms with Gasteiger partial charge in [0.2, 0.25) is 0 Å². The Kier molecular flexibility index (Phi) is 7.41. The Morgan fingerprint density at radius 1 is 1.38 bits per heavy atom. The summed E-state index contributed by atoms with van der Waals surface area (Å²) in [5.74, 6) is 1.78. The first-order valence-electron chi connectivity index (χ1n) is 7.00. The average molecular weight is 402 g/mol. The summed E-state index contributed by atoms with van der Waals surface area (Å²) in [5.41, 5.74) is 0.879. The first kappa shape index (κ1) is 17.7. The van der Waals surface area contributed by atoms with E-state index in [2.05, 4.69) is 39.7 Å². The highest BCUT2D eigenvalue weighted by Crippen LogP contribution is 2.02. The summed E-state index contributed by atoms with van der Waals surface area (Å²) < 4.78 is 2.01. The molecule has 0 aromatic carbocycles. The molecule has 2 N–H and O–H groups in total. The van der Waals surface area contributed by atoms with Crippen molar-refractivity contribution in [2.75, 3.05) is 13.6 Å². The van der Waals surface area contributed by atoms with Crippen molar-refractivity contribution in [1.82, 2.24) is 25.2 Å². The Hall–Kier alpha value is -1.38. The molecule has 116 valence electrons. The smallest absolute Gasteiger partial charge is 0.191 e. The Bertz CT molecular complexity index is 580. The lowest BCUT2D eigenvalue weighted by Crippen LogP contribution is -2.42. The zero-order valence-electron chi connectivity index (χ0n) is 12.7. The van der Waals surface area contributed by atoms with Gasteiger partial charge in [-0.1, -0.05) is 13.0 Å². The number of nitrogens with one attached hydrogen (secondary N) is 2. The van der Waals surface area contributed by atoms with E-state index in [1.165, 1.54) is 0 Å². The van der Waals surface area contributed by atoms with Gasteiger partial charge in [-0.3, -0.25) is 9.39 Å². The van der Waals surface area contributed by atoms with Gasteiger partial charge in [-0.15, -0.1) is 34.2 Å².